The standard InChI is InChI=1S/C23H18ClN3O4/c1-12(13-3-2-4-16(28)9-13)26-20-21(23(31)22(20)30)27-15-5-6-19(29)17(11-15)18-10-14(24)7-8-25-18/h2-12,26-29H,1H3/t12-/m1/s1. The summed E-state index contributed by atoms with van der Waals surface area (Å²) >= 11 is 6.01. The first kappa shape index (κ1) is 20.4. The number of rotatable bonds is 6. The Hall–Kier alpha value is -3.84. The molecule has 0 aliphatic rings. The predicted octanol–water partition coefficient (Wildman–Crippen LogP) is 4.33. The number of halogens is 1. The van der Waals surface area contributed by atoms with Crippen molar-refractivity contribution in [3.63, 3.8) is 0 Å². The highest BCUT2D eigenvalue weighted by atomic mass is 35.5. The molecule has 4 N–H and O–H groups in total. The average Bonchev–Trinajstić information content (AvgIpc) is 2.76. The second-order valence-electron chi connectivity index (χ2n) is 7.09. The van der Waals surface area contributed by atoms with Gasteiger partial charge in [-0.25, -0.2) is 0 Å². The van der Waals surface area contributed by atoms with Crippen molar-refractivity contribution in [1.29, 1.82) is 0 Å². The van der Waals surface area contributed by atoms with Gasteiger partial charge in [0.15, 0.2) is 0 Å². The highest BCUT2D eigenvalue weighted by Gasteiger charge is 2.23. The Morgan fingerprint density at radius 3 is 2.48 bits per heavy atom. The Labute approximate surface area is 182 Å². The Morgan fingerprint density at radius 2 is 1.74 bits per heavy atom. The van der Waals surface area contributed by atoms with Crippen LogP contribution in [0.5, 0.6) is 11.5 Å². The number of nitrogens with zero attached hydrogens (tertiary/aromatic N) is 1. The number of aromatic nitrogens is 1. The summed E-state index contributed by atoms with van der Waals surface area (Å²) in [7, 11) is 0. The summed E-state index contributed by atoms with van der Waals surface area (Å²) in [5, 5.41) is 26.3. The van der Waals surface area contributed by atoms with E-state index < -0.39 is 10.9 Å². The maximum absolute atomic E-state index is 12.2. The zero-order valence-corrected chi connectivity index (χ0v) is 17.1. The third-order valence-corrected chi connectivity index (χ3v) is 5.14. The number of anilines is 3. The predicted molar refractivity (Wildman–Crippen MR) is 121 cm³/mol. The van der Waals surface area contributed by atoms with E-state index >= 15 is 0 Å². The maximum atomic E-state index is 12.2. The minimum atomic E-state index is -0.638. The summed E-state index contributed by atoms with van der Waals surface area (Å²) in [4.78, 5) is 28.5. The Morgan fingerprint density at radius 1 is 0.968 bits per heavy atom. The molecule has 0 fully saturated rings. The third-order valence-electron chi connectivity index (χ3n) is 4.91. The lowest BCUT2D eigenvalue weighted by Gasteiger charge is -2.20. The normalized spacial score (nSPS) is 11.9. The Kier molecular flexibility index (Phi) is 5.35. The van der Waals surface area contributed by atoms with Gasteiger partial charge in [0.1, 0.15) is 22.9 Å². The van der Waals surface area contributed by atoms with Crippen LogP contribution >= 0.6 is 11.6 Å². The fraction of sp³-hybridized carbons (Fsp3) is 0.0870. The highest BCUT2D eigenvalue weighted by Crippen LogP contribution is 2.33. The maximum Gasteiger partial charge on any atom is 0.253 e. The molecule has 0 saturated heterocycles. The van der Waals surface area contributed by atoms with Gasteiger partial charge in [-0.15, -0.1) is 0 Å². The fourth-order valence-electron chi connectivity index (χ4n) is 3.26. The van der Waals surface area contributed by atoms with Gasteiger partial charge in [-0.2, -0.15) is 0 Å². The largest absolute Gasteiger partial charge is 0.508 e. The van der Waals surface area contributed by atoms with E-state index in [4.69, 9.17) is 11.6 Å². The van der Waals surface area contributed by atoms with Gasteiger partial charge in [0.05, 0.1) is 5.69 Å². The molecule has 8 heteroatoms. The SMILES string of the molecule is C[C@@H](Nc1c(Nc2ccc(O)c(-c3cc(Cl)ccn3)c2)c(=O)c1=O)c1cccc(O)c1. The van der Waals surface area contributed by atoms with Gasteiger partial charge < -0.3 is 20.8 Å². The van der Waals surface area contributed by atoms with Gasteiger partial charge in [0.25, 0.3) is 10.9 Å². The molecule has 0 bridgehead atoms. The molecule has 0 unspecified atom stereocenters. The summed E-state index contributed by atoms with van der Waals surface area (Å²) < 4.78 is 0. The second kappa shape index (κ2) is 8.12. The van der Waals surface area contributed by atoms with E-state index in [1.54, 1.807) is 48.5 Å². The summed E-state index contributed by atoms with van der Waals surface area (Å²) in [6, 6.07) is 14.2. The molecule has 4 rings (SSSR count). The number of hydrogen-bond acceptors (Lipinski definition) is 7. The van der Waals surface area contributed by atoms with Gasteiger partial charge in [-0.05, 0) is 55.0 Å². The van der Waals surface area contributed by atoms with Crippen LogP contribution in [-0.4, -0.2) is 15.2 Å². The lowest BCUT2D eigenvalue weighted by Crippen LogP contribution is -2.37. The number of phenolic OH excluding ortho intramolecular Hbond substituents is 2. The molecule has 1 atom stereocenters. The first-order valence-electron chi connectivity index (χ1n) is 9.44. The van der Waals surface area contributed by atoms with E-state index in [0.717, 1.165) is 5.56 Å². The van der Waals surface area contributed by atoms with Gasteiger partial charge in [0, 0.05) is 28.5 Å². The second-order valence-corrected chi connectivity index (χ2v) is 7.52. The van der Waals surface area contributed by atoms with Crippen LogP contribution in [0.4, 0.5) is 17.1 Å². The molecule has 31 heavy (non-hydrogen) atoms. The molecule has 1 heterocycles. The number of pyridine rings is 1. The van der Waals surface area contributed by atoms with Gasteiger partial charge >= 0.3 is 0 Å². The van der Waals surface area contributed by atoms with E-state index in [0.29, 0.717) is 22.0 Å². The Balaban J connectivity index is 1.61. The first-order chi connectivity index (χ1) is 14.8. The molecule has 0 aliphatic carbocycles. The van der Waals surface area contributed by atoms with E-state index in [2.05, 4.69) is 15.6 Å². The smallest absolute Gasteiger partial charge is 0.253 e. The number of benzene rings is 2. The minimum absolute atomic E-state index is 0.00108. The summed E-state index contributed by atoms with van der Waals surface area (Å²) in [6.45, 7) is 1.82. The monoisotopic (exact) mass is 435 g/mol. The molecular formula is C23H18ClN3O4. The average molecular weight is 436 g/mol. The number of nitrogens with one attached hydrogen (secondary N) is 2. The fourth-order valence-corrected chi connectivity index (χ4v) is 3.42. The molecule has 156 valence electrons. The molecular weight excluding hydrogens is 418 g/mol. The van der Waals surface area contributed by atoms with Crippen molar-refractivity contribution >= 4 is 28.7 Å². The topological polar surface area (TPSA) is 112 Å². The zero-order valence-electron chi connectivity index (χ0n) is 16.4. The van der Waals surface area contributed by atoms with Crippen molar-refractivity contribution in [2.24, 2.45) is 0 Å². The van der Waals surface area contributed by atoms with Crippen LogP contribution in [0.1, 0.15) is 18.5 Å². The first-order valence-corrected chi connectivity index (χ1v) is 9.82. The van der Waals surface area contributed by atoms with Crippen molar-refractivity contribution < 1.29 is 10.2 Å². The van der Waals surface area contributed by atoms with Crippen LogP contribution in [0.15, 0.2) is 70.4 Å². The van der Waals surface area contributed by atoms with Crippen molar-refractivity contribution in [3.8, 4) is 22.8 Å². The molecule has 0 amide bonds. The molecule has 0 saturated carbocycles. The van der Waals surface area contributed by atoms with Crippen LogP contribution in [0.3, 0.4) is 0 Å². The molecule has 3 aromatic carbocycles. The quantitative estimate of drug-likeness (QED) is 0.263. The summed E-state index contributed by atoms with van der Waals surface area (Å²) in [5.74, 6) is 0.113. The molecule has 0 aliphatic heterocycles. The highest BCUT2D eigenvalue weighted by molar-refractivity contribution is 6.30. The van der Waals surface area contributed by atoms with E-state index in [1.807, 2.05) is 6.92 Å². The van der Waals surface area contributed by atoms with Gasteiger partial charge in [0.2, 0.25) is 0 Å². The van der Waals surface area contributed by atoms with Crippen molar-refractivity contribution in [2.45, 2.75) is 13.0 Å². The van der Waals surface area contributed by atoms with Crippen LogP contribution in [0.25, 0.3) is 11.3 Å². The van der Waals surface area contributed by atoms with Crippen molar-refractivity contribution in [1.82, 2.24) is 4.98 Å². The molecule has 4 aromatic rings. The van der Waals surface area contributed by atoms with Crippen LogP contribution < -0.4 is 21.5 Å². The molecule has 0 radical (unpaired) electrons. The molecule has 0 spiro atoms. The lowest BCUT2D eigenvalue weighted by atomic mass is 10.1. The van der Waals surface area contributed by atoms with E-state index in [1.165, 1.54) is 12.3 Å². The van der Waals surface area contributed by atoms with Crippen LogP contribution in [0, 0.1) is 0 Å². The van der Waals surface area contributed by atoms with E-state index in [-0.39, 0.29) is 28.9 Å². The summed E-state index contributed by atoms with van der Waals surface area (Å²) in [6.07, 6.45) is 1.53. The zero-order chi connectivity index (χ0) is 22.1. The molecule has 1 aromatic heterocycles. The number of hydrogen-bond donors (Lipinski definition) is 4. The van der Waals surface area contributed by atoms with Crippen LogP contribution in [-0.2, 0) is 0 Å². The molecule has 7 nitrogen and oxygen atoms in total. The summed E-state index contributed by atoms with van der Waals surface area (Å²) in [5.41, 5.74) is 1.19. The third kappa shape index (κ3) is 4.08. The van der Waals surface area contributed by atoms with Crippen molar-refractivity contribution in [2.75, 3.05) is 10.6 Å². The Bertz CT molecular complexity index is 1350. The lowest BCUT2D eigenvalue weighted by molar-refractivity contribution is 0.474. The minimum Gasteiger partial charge on any atom is -0.508 e. The van der Waals surface area contributed by atoms with Gasteiger partial charge in [-0.1, -0.05) is 23.7 Å². The van der Waals surface area contributed by atoms with Crippen LogP contribution in [0.2, 0.25) is 5.02 Å². The van der Waals surface area contributed by atoms with E-state index in [9.17, 15) is 19.8 Å². The van der Waals surface area contributed by atoms with Gasteiger partial charge in [-0.3, -0.25) is 14.6 Å². The van der Waals surface area contributed by atoms with Crippen molar-refractivity contribution in [3.05, 3.63) is 91.8 Å². The number of aromatic hydroxyl groups is 2. The number of phenols is 2.